The number of nitrogens with one attached hydrogen (secondary N) is 2. The van der Waals surface area contributed by atoms with E-state index in [2.05, 4.69) is 9.97 Å². The van der Waals surface area contributed by atoms with Crippen molar-refractivity contribution < 1.29 is 0 Å². The van der Waals surface area contributed by atoms with Gasteiger partial charge in [0.25, 0.3) is 0 Å². The van der Waals surface area contributed by atoms with E-state index < -0.39 is 0 Å². The van der Waals surface area contributed by atoms with E-state index in [0.717, 1.165) is 5.39 Å². The number of aromatic amines is 2. The molecule has 0 aromatic carbocycles. The second-order valence-electron chi connectivity index (χ2n) is 2.49. The smallest absolute Gasteiger partial charge is 0.250 e. The van der Waals surface area contributed by atoms with Gasteiger partial charge in [0.1, 0.15) is 0 Å². The number of H-pyrrole nitrogens is 2. The van der Waals surface area contributed by atoms with Crippen LogP contribution in [0.4, 0.5) is 0 Å². The van der Waals surface area contributed by atoms with Crippen LogP contribution in [0.5, 0.6) is 0 Å². The molecule has 60 valence electrons. The van der Waals surface area contributed by atoms with Crippen molar-refractivity contribution in [2.45, 2.75) is 0 Å². The average Bonchev–Trinajstić information content (AvgIpc) is 2.03. The van der Waals surface area contributed by atoms with Gasteiger partial charge in [-0.25, -0.2) is 0 Å². The first-order chi connectivity index (χ1) is 5.75. The molecule has 0 saturated heterocycles. The summed E-state index contributed by atoms with van der Waals surface area (Å²) >= 11 is 0. The van der Waals surface area contributed by atoms with Crippen molar-refractivity contribution in [3.63, 3.8) is 0 Å². The van der Waals surface area contributed by atoms with Crippen LogP contribution in [0.1, 0.15) is 0 Å². The van der Waals surface area contributed by atoms with E-state index in [1.54, 1.807) is 12.3 Å². The molecule has 0 aliphatic heterocycles. The fraction of sp³-hybridized carbons (Fsp3) is 0. The highest BCUT2D eigenvalue weighted by Gasteiger charge is 1.93. The lowest BCUT2D eigenvalue weighted by Crippen LogP contribution is -2.07. The average molecular weight is 162 g/mol. The SMILES string of the molecule is O=c1cc2[nH]c(=O)ccc2c[nH]1. The van der Waals surface area contributed by atoms with Gasteiger partial charge in [0, 0.05) is 23.7 Å². The van der Waals surface area contributed by atoms with E-state index in [-0.39, 0.29) is 11.1 Å². The quantitative estimate of drug-likeness (QED) is 0.581. The molecule has 2 N–H and O–H groups in total. The summed E-state index contributed by atoms with van der Waals surface area (Å²) in [4.78, 5) is 26.7. The summed E-state index contributed by atoms with van der Waals surface area (Å²) in [6.45, 7) is 0. The first kappa shape index (κ1) is 6.84. The van der Waals surface area contributed by atoms with E-state index in [4.69, 9.17) is 0 Å². The van der Waals surface area contributed by atoms with Crippen LogP contribution in [-0.4, -0.2) is 9.97 Å². The van der Waals surface area contributed by atoms with Gasteiger partial charge < -0.3 is 9.97 Å². The van der Waals surface area contributed by atoms with E-state index in [0.29, 0.717) is 5.52 Å². The Balaban J connectivity index is 2.98. The van der Waals surface area contributed by atoms with E-state index in [9.17, 15) is 9.59 Å². The maximum Gasteiger partial charge on any atom is 0.250 e. The number of hydrogen-bond donors (Lipinski definition) is 2. The summed E-state index contributed by atoms with van der Waals surface area (Å²) < 4.78 is 0. The second kappa shape index (κ2) is 2.34. The third-order valence-corrected chi connectivity index (χ3v) is 1.63. The van der Waals surface area contributed by atoms with Crippen molar-refractivity contribution in [1.29, 1.82) is 0 Å². The van der Waals surface area contributed by atoms with Gasteiger partial charge in [-0.05, 0) is 6.07 Å². The van der Waals surface area contributed by atoms with Gasteiger partial charge in [0.2, 0.25) is 11.1 Å². The lowest BCUT2D eigenvalue weighted by molar-refractivity contribution is 1.23. The first-order valence-corrected chi connectivity index (χ1v) is 3.47. The highest BCUT2D eigenvalue weighted by molar-refractivity contribution is 5.76. The van der Waals surface area contributed by atoms with E-state index in [1.807, 2.05) is 0 Å². The Morgan fingerprint density at radius 1 is 1.08 bits per heavy atom. The van der Waals surface area contributed by atoms with Crippen LogP contribution < -0.4 is 11.1 Å². The Morgan fingerprint density at radius 2 is 1.92 bits per heavy atom. The van der Waals surface area contributed by atoms with Gasteiger partial charge in [-0.2, -0.15) is 0 Å². The minimum Gasteiger partial charge on any atom is -0.328 e. The van der Waals surface area contributed by atoms with Gasteiger partial charge in [0.05, 0.1) is 5.52 Å². The molecule has 0 spiro atoms. The molecule has 0 aliphatic carbocycles. The van der Waals surface area contributed by atoms with Crippen molar-refractivity contribution >= 4 is 10.9 Å². The minimum absolute atomic E-state index is 0.201. The summed E-state index contributed by atoms with van der Waals surface area (Å²) in [7, 11) is 0. The molecule has 4 nitrogen and oxygen atoms in total. The summed E-state index contributed by atoms with van der Waals surface area (Å²) in [5, 5.41) is 0.814. The van der Waals surface area contributed by atoms with Crippen molar-refractivity contribution in [1.82, 2.24) is 9.97 Å². The van der Waals surface area contributed by atoms with Crippen molar-refractivity contribution in [2.75, 3.05) is 0 Å². The number of rotatable bonds is 0. The normalized spacial score (nSPS) is 10.3. The number of pyridine rings is 2. The summed E-state index contributed by atoms with van der Waals surface area (Å²) in [6, 6.07) is 4.43. The molecule has 2 heterocycles. The molecule has 0 amide bonds. The van der Waals surface area contributed by atoms with Crippen molar-refractivity contribution in [3.8, 4) is 0 Å². The third-order valence-electron chi connectivity index (χ3n) is 1.63. The zero-order valence-electron chi connectivity index (χ0n) is 6.13. The Labute approximate surface area is 66.9 Å². The number of fused-ring (bicyclic) bond motifs is 1. The predicted molar refractivity (Wildman–Crippen MR) is 45.2 cm³/mol. The fourth-order valence-corrected chi connectivity index (χ4v) is 1.07. The molecular formula is C8H6N2O2. The maximum atomic E-state index is 10.8. The van der Waals surface area contributed by atoms with Crippen molar-refractivity contribution in [3.05, 3.63) is 45.1 Å². The second-order valence-corrected chi connectivity index (χ2v) is 2.49. The molecule has 4 heteroatoms. The van der Waals surface area contributed by atoms with Crippen molar-refractivity contribution in [2.24, 2.45) is 0 Å². The Bertz CT molecular complexity index is 479. The van der Waals surface area contributed by atoms with Crippen LogP contribution in [0, 0.1) is 0 Å². The molecule has 2 aromatic heterocycles. The zero-order chi connectivity index (χ0) is 8.55. The van der Waals surface area contributed by atoms with Crippen LogP contribution in [0.3, 0.4) is 0 Å². The van der Waals surface area contributed by atoms with Gasteiger partial charge >= 0.3 is 0 Å². The predicted octanol–water partition coefficient (Wildman–Crippen LogP) is 0.216. The van der Waals surface area contributed by atoms with Gasteiger partial charge in [0.15, 0.2) is 0 Å². The van der Waals surface area contributed by atoms with Crippen LogP contribution >= 0.6 is 0 Å². The van der Waals surface area contributed by atoms with E-state index in [1.165, 1.54) is 12.1 Å². The monoisotopic (exact) mass is 162 g/mol. The molecule has 0 radical (unpaired) electrons. The standard InChI is InChI=1S/C8H6N2O2/c11-7-2-1-5-4-9-8(12)3-6(5)10-7/h1-4H,(H,9,12)(H,10,11). The molecule has 0 saturated carbocycles. The number of hydrogen-bond acceptors (Lipinski definition) is 2. The summed E-state index contributed by atoms with van der Waals surface area (Å²) in [5.74, 6) is 0. The Kier molecular flexibility index (Phi) is 1.33. The fourth-order valence-electron chi connectivity index (χ4n) is 1.07. The highest BCUT2D eigenvalue weighted by Crippen LogP contribution is 2.01. The summed E-state index contributed by atoms with van der Waals surface area (Å²) in [6.07, 6.45) is 1.56. The molecule has 0 aliphatic rings. The van der Waals surface area contributed by atoms with Crippen LogP contribution in [-0.2, 0) is 0 Å². The molecule has 0 unspecified atom stereocenters. The first-order valence-electron chi connectivity index (χ1n) is 3.47. The number of aromatic nitrogens is 2. The molecule has 2 rings (SSSR count). The summed E-state index contributed by atoms with van der Waals surface area (Å²) in [5.41, 5.74) is 0.142. The van der Waals surface area contributed by atoms with Crippen LogP contribution in [0.15, 0.2) is 34.0 Å². The lowest BCUT2D eigenvalue weighted by Gasteiger charge is -1.93. The molecule has 0 atom stereocenters. The van der Waals surface area contributed by atoms with Gasteiger partial charge in [-0.1, -0.05) is 0 Å². The van der Waals surface area contributed by atoms with Gasteiger partial charge in [-0.3, -0.25) is 9.59 Å². The molecule has 12 heavy (non-hydrogen) atoms. The zero-order valence-corrected chi connectivity index (χ0v) is 6.13. The molecule has 2 aromatic rings. The van der Waals surface area contributed by atoms with Crippen LogP contribution in [0.2, 0.25) is 0 Å². The third kappa shape index (κ3) is 1.03. The molecular weight excluding hydrogens is 156 g/mol. The largest absolute Gasteiger partial charge is 0.328 e. The molecule has 0 fully saturated rings. The highest BCUT2D eigenvalue weighted by atomic mass is 16.1. The minimum atomic E-state index is -0.218. The Morgan fingerprint density at radius 3 is 2.75 bits per heavy atom. The van der Waals surface area contributed by atoms with E-state index >= 15 is 0 Å². The molecule has 0 bridgehead atoms. The van der Waals surface area contributed by atoms with Crippen LogP contribution in [0.25, 0.3) is 10.9 Å². The van der Waals surface area contributed by atoms with Gasteiger partial charge in [-0.15, -0.1) is 0 Å². The maximum absolute atomic E-state index is 10.8. The topological polar surface area (TPSA) is 65.7 Å². The lowest BCUT2D eigenvalue weighted by atomic mass is 10.3. The Hall–Kier alpha value is -1.84.